The molecule has 14 heavy (non-hydrogen) atoms. The summed E-state index contributed by atoms with van der Waals surface area (Å²) in [4.78, 5) is 13.7. The van der Waals surface area contributed by atoms with Gasteiger partial charge in [0.25, 0.3) is 5.69 Å². The van der Waals surface area contributed by atoms with Gasteiger partial charge in [0.1, 0.15) is 6.20 Å². The van der Waals surface area contributed by atoms with E-state index in [2.05, 4.69) is 4.98 Å². The Bertz CT molecular complexity index is 332. The van der Waals surface area contributed by atoms with E-state index in [1.54, 1.807) is 0 Å². The second-order valence-electron chi connectivity index (χ2n) is 3.37. The number of aromatic nitrogens is 1. The Balaban J connectivity index is 1.94. The lowest BCUT2D eigenvalue weighted by Gasteiger charge is -2.02. The van der Waals surface area contributed by atoms with Gasteiger partial charge in [-0.15, -0.1) is 0 Å². The summed E-state index contributed by atoms with van der Waals surface area (Å²) in [5.74, 6) is 1.12. The van der Waals surface area contributed by atoms with Crippen molar-refractivity contribution in [2.45, 2.75) is 12.8 Å². The fourth-order valence-corrected chi connectivity index (χ4v) is 1.05. The van der Waals surface area contributed by atoms with E-state index in [4.69, 9.17) is 4.74 Å². The van der Waals surface area contributed by atoms with E-state index in [9.17, 15) is 10.1 Å². The van der Waals surface area contributed by atoms with Gasteiger partial charge in [0.2, 0.25) is 5.88 Å². The van der Waals surface area contributed by atoms with E-state index >= 15 is 0 Å². The van der Waals surface area contributed by atoms with Crippen LogP contribution in [-0.2, 0) is 0 Å². The predicted octanol–water partition coefficient (Wildman–Crippen LogP) is 1.78. The molecule has 1 fully saturated rings. The number of nitrogens with zero attached hydrogens (tertiary/aromatic N) is 2. The quantitative estimate of drug-likeness (QED) is 0.541. The van der Waals surface area contributed by atoms with E-state index in [1.165, 1.54) is 31.2 Å². The average Bonchev–Trinajstić information content (AvgIpc) is 2.99. The molecule has 0 radical (unpaired) electrons. The molecule has 5 nitrogen and oxygen atoms in total. The minimum absolute atomic E-state index is 0.0104. The molecule has 0 saturated heterocycles. The third-order valence-corrected chi connectivity index (χ3v) is 2.10. The number of pyridine rings is 1. The monoisotopic (exact) mass is 194 g/mol. The summed E-state index contributed by atoms with van der Waals surface area (Å²) in [6.45, 7) is 0.671. The lowest BCUT2D eigenvalue weighted by Crippen LogP contribution is -2.00. The molecular formula is C9H10N2O3. The number of hydrogen-bond acceptors (Lipinski definition) is 4. The second-order valence-corrected chi connectivity index (χ2v) is 3.37. The van der Waals surface area contributed by atoms with Crippen LogP contribution in [0.2, 0.25) is 0 Å². The first-order valence-electron chi connectivity index (χ1n) is 4.49. The molecule has 0 amide bonds. The molecule has 0 atom stereocenters. The molecule has 1 aliphatic carbocycles. The molecule has 1 heterocycles. The molecule has 1 aromatic rings. The van der Waals surface area contributed by atoms with Crippen LogP contribution in [-0.4, -0.2) is 16.5 Å². The minimum atomic E-state index is -0.475. The van der Waals surface area contributed by atoms with Crippen molar-refractivity contribution in [1.29, 1.82) is 0 Å². The summed E-state index contributed by atoms with van der Waals surface area (Å²) in [6.07, 6.45) is 3.64. The minimum Gasteiger partial charge on any atom is -0.477 e. The molecule has 0 bridgehead atoms. The van der Waals surface area contributed by atoms with Gasteiger partial charge in [0, 0.05) is 12.1 Å². The SMILES string of the molecule is O=[N+]([O-])c1ccc(OCC2CC2)nc1. The predicted molar refractivity (Wildman–Crippen MR) is 49.1 cm³/mol. The fourth-order valence-electron chi connectivity index (χ4n) is 1.05. The third kappa shape index (κ3) is 2.18. The Morgan fingerprint density at radius 3 is 2.86 bits per heavy atom. The smallest absolute Gasteiger partial charge is 0.287 e. The topological polar surface area (TPSA) is 65.3 Å². The van der Waals surface area contributed by atoms with Crippen molar-refractivity contribution in [2.24, 2.45) is 5.92 Å². The number of ether oxygens (including phenoxy) is 1. The van der Waals surface area contributed by atoms with Gasteiger partial charge in [-0.25, -0.2) is 4.98 Å². The van der Waals surface area contributed by atoms with E-state index in [0.29, 0.717) is 18.4 Å². The molecule has 0 spiro atoms. The van der Waals surface area contributed by atoms with Crippen LogP contribution < -0.4 is 4.74 Å². The summed E-state index contributed by atoms with van der Waals surface area (Å²) >= 11 is 0. The zero-order valence-corrected chi connectivity index (χ0v) is 7.55. The van der Waals surface area contributed by atoms with Gasteiger partial charge in [-0.2, -0.15) is 0 Å². The average molecular weight is 194 g/mol. The van der Waals surface area contributed by atoms with Crippen molar-refractivity contribution in [1.82, 2.24) is 4.98 Å². The van der Waals surface area contributed by atoms with Crippen molar-refractivity contribution in [3.63, 3.8) is 0 Å². The van der Waals surface area contributed by atoms with Crippen molar-refractivity contribution in [3.8, 4) is 5.88 Å². The van der Waals surface area contributed by atoms with Gasteiger partial charge < -0.3 is 4.74 Å². The Morgan fingerprint density at radius 1 is 1.57 bits per heavy atom. The van der Waals surface area contributed by atoms with E-state index < -0.39 is 4.92 Å². The zero-order valence-electron chi connectivity index (χ0n) is 7.55. The maximum absolute atomic E-state index is 10.3. The zero-order chi connectivity index (χ0) is 9.97. The Kier molecular flexibility index (Phi) is 2.30. The molecule has 0 unspecified atom stereocenters. The van der Waals surface area contributed by atoms with Gasteiger partial charge in [-0.05, 0) is 18.8 Å². The van der Waals surface area contributed by atoms with Crippen LogP contribution in [0.3, 0.4) is 0 Å². The first kappa shape index (κ1) is 8.93. The van der Waals surface area contributed by atoms with Crippen molar-refractivity contribution < 1.29 is 9.66 Å². The fraction of sp³-hybridized carbons (Fsp3) is 0.444. The summed E-state index contributed by atoms with van der Waals surface area (Å²) in [7, 11) is 0. The number of rotatable bonds is 4. The standard InChI is InChI=1S/C9H10N2O3/c12-11(13)8-3-4-9(10-5-8)14-6-7-1-2-7/h3-5,7H,1-2,6H2. The highest BCUT2D eigenvalue weighted by Crippen LogP contribution is 2.29. The Morgan fingerprint density at radius 2 is 2.36 bits per heavy atom. The summed E-state index contributed by atoms with van der Waals surface area (Å²) < 4.78 is 5.33. The highest BCUT2D eigenvalue weighted by molar-refractivity contribution is 5.28. The van der Waals surface area contributed by atoms with Gasteiger partial charge in [-0.3, -0.25) is 10.1 Å². The molecule has 0 N–H and O–H groups in total. The van der Waals surface area contributed by atoms with Crippen LogP contribution in [0.1, 0.15) is 12.8 Å². The van der Waals surface area contributed by atoms with Crippen LogP contribution in [0.4, 0.5) is 5.69 Å². The molecule has 0 aromatic carbocycles. The highest BCUT2D eigenvalue weighted by Gasteiger charge is 2.22. The molecule has 1 saturated carbocycles. The van der Waals surface area contributed by atoms with Crippen LogP contribution in [0.15, 0.2) is 18.3 Å². The van der Waals surface area contributed by atoms with Gasteiger partial charge in [-0.1, -0.05) is 0 Å². The van der Waals surface area contributed by atoms with Crippen molar-refractivity contribution in [2.75, 3.05) is 6.61 Å². The first-order chi connectivity index (χ1) is 6.75. The molecule has 5 heteroatoms. The van der Waals surface area contributed by atoms with Crippen LogP contribution in [0, 0.1) is 16.0 Å². The largest absolute Gasteiger partial charge is 0.477 e. The van der Waals surface area contributed by atoms with Crippen LogP contribution in [0.5, 0.6) is 5.88 Å². The maximum Gasteiger partial charge on any atom is 0.287 e. The third-order valence-electron chi connectivity index (χ3n) is 2.10. The molecule has 1 aliphatic rings. The Hall–Kier alpha value is -1.65. The first-order valence-corrected chi connectivity index (χ1v) is 4.49. The van der Waals surface area contributed by atoms with E-state index in [-0.39, 0.29) is 5.69 Å². The normalized spacial score (nSPS) is 15.1. The van der Waals surface area contributed by atoms with Gasteiger partial charge >= 0.3 is 0 Å². The van der Waals surface area contributed by atoms with Gasteiger partial charge in [0.15, 0.2) is 0 Å². The molecule has 74 valence electrons. The molecular weight excluding hydrogens is 184 g/mol. The molecule has 0 aliphatic heterocycles. The maximum atomic E-state index is 10.3. The molecule has 1 aromatic heterocycles. The summed E-state index contributed by atoms with van der Waals surface area (Å²) in [5, 5.41) is 10.3. The number of nitro groups is 1. The van der Waals surface area contributed by atoms with Crippen molar-refractivity contribution >= 4 is 5.69 Å². The lowest BCUT2D eigenvalue weighted by atomic mass is 10.4. The highest BCUT2D eigenvalue weighted by atomic mass is 16.6. The van der Waals surface area contributed by atoms with Crippen molar-refractivity contribution in [3.05, 3.63) is 28.4 Å². The van der Waals surface area contributed by atoms with Gasteiger partial charge in [0.05, 0.1) is 11.5 Å². The molecule has 2 rings (SSSR count). The van der Waals surface area contributed by atoms with Crippen LogP contribution in [0.25, 0.3) is 0 Å². The second kappa shape index (κ2) is 3.61. The van der Waals surface area contributed by atoms with E-state index in [1.807, 2.05) is 0 Å². The summed E-state index contributed by atoms with van der Waals surface area (Å²) in [5.41, 5.74) is -0.0104. The summed E-state index contributed by atoms with van der Waals surface area (Å²) in [6, 6.07) is 2.93. The van der Waals surface area contributed by atoms with Crippen LogP contribution >= 0.6 is 0 Å². The van der Waals surface area contributed by atoms with E-state index in [0.717, 1.165) is 0 Å². The Labute approximate surface area is 80.9 Å². The number of hydrogen-bond donors (Lipinski definition) is 0. The lowest BCUT2D eigenvalue weighted by molar-refractivity contribution is -0.385.